The highest BCUT2D eigenvalue weighted by atomic mass is 32.2. The van der Waals surface area contributed by atoms with E-state index < -0.39 is 16.1 Å². The number of amides is 2. The maximum Gasteiger partial charge on any atom is 0.251 e. The lowest BCUT2D eigenvalue weighted by atomic mass is 10.1. The molecule has 0 N–H and O–H groups in total. The fourth-order valence-electron chi connectivity index (χ4n) is 5.25. The highest BCUT2D eigenvalue weighted by Gasteiger charge is 2.45. The minimum absolute atomic E-state index is 0.121. The van der Waals surface area contributed by atoms with Gasteiger partial charge in [-0.25, -0.2) is 13.3 Å². The number of imide groups is 1. The lowest BCUT2D eigenvalue weighted by molar-refractivity contribution is -0.123. The van der Waals surface area contributed by atoms with Gasteiger partial charge in [0, 0.05) is 26.2 Å². The fourth-order valence-corrected chi connectivity index (χ4v) is 7.09. The van der Waals surface area contributed by atoms with Crippen LogP contribution in [0.3, 0.4) is 0 Å². The third kappa shape index (κ3) is 4.11. The molecule has 176 valence electrons. The van der Waals surface area contributed by atoms with Crippen molar-refractivity contribution in [3.05, 3.63) is 58.1 Å². The molecule has 0 saturated carbocycles. The first-order valence-corrected chi connectivity index (χ1v) is 12.7. The molecule has 7 nitrogen and oxygen atoms in total. The third-order valence-electron chi connectivity index (χ3n) is 6.70. The van der Waals surface area contributed by atoms with E-state index in [9.17, 15) is 18.0 Å². The molecule has 0 radical (unpaired) electrons. The highest BCUT2D eigenvalue weighted by Crippen LogP contribution is 2.32. The summed E-state index contributed by atoms with van der Waals surface area (Å²) in [5, 5.41) is 0. The van der Waals surface area contributed by atoms with Crippen LogP contribution in [0.15, 0.2) is 35.2 Å². The second-order valence-corrected chi connectivity index (χ2v) is 11.1. The number of piperazine rings is 1. The third-order valence-corrected chi connectivity index (χ3v) is 8.91. The summed E-state index contributed by atoms with van der Waals surface area (Å²) < 4.78 is 28.2. The topological polar surface area (TPSA) is 78.0 Å². The Morgan fingerprint density at radius 2 is 1.36 bits per heavy atom. The van der Waals surface area contributed by atoms with Crippen molar-refractivity contribution < 1.29 is 18.0 Å². The lowest BCUT2D eigenvalue weighted by Gasteiger charge is -2.36. The molecule has 4 rings (SSSR count). The number of sulfonamides is 1. The Kier molecular flexibility index (Phi) is 6.20. The molecule has 2 heterocycles. The second-order valence-electron chi connectivity index (χ2n) is 9.20. The van der Waals surface area contributed by atoms with Crippen LogP contribution in [0.2, 0.25) is 0 Å². The standard InChI is InChI=1S/C25H31N3O4S/c1-16-13-19(4)24(20(5)14-16)33(31,32)27-11-9-26(10-12-27)21-15-22(29)28(25(21)30)23-17(2)7-6-8-18(23)3/h6-8,13-14,21H,9-12,15H2,1-5H3/t21-/m0/s1. The molecule has 2 aromatic rings. The van der Waals surface area contributed by atoms with Gasteiger partial charge in [-0.15, -0.1) is 0 Å². The van der Waals surface area contributed by atoms with Crippen molar-refractivity contribution in [1.29, 1.82) is 0 Å². The normalized spacial score (nSPS) is 20.6. The number of aryl methyl sites for hydroxylation is 5. The van der Waals surface area contributed by atoms with Crippen molar-refractivity contribution in [2.75, 3.05) is 31.1 Å². The van der Waals surface area contributed by atoms with Crippen molar-refractivity contribution in [2.45, 2.75) is 52.0 Å². The van der Waals surface area contributed by atoms with Crippen molar-refractivity contribution in [1.82, 2.24) is 9.21 Å². The number of nitrogens with zero attached hydrogens (tertiary/aromatic N) is 3. The predicted molar refractivity (Wildman–Crippen MR) is 128 cm³/mol. The highest BCUT2D eigenvalue weighted by molar-refractivity contribution is 7.89. The molecule has 0 aromatic heterocycles. The summed E-state index contributed by atoms with van der Waals surface area (Å²) in [5.41, 5.74) is 4.97. The molecule has 2 aliphatic rings. The Labute approximate surface area is 196 Å². The Hall–Kier alpha value is -2.55. The summed E-state index contributed by atoms with van der Waals surface area (Å²) in [6, 6.07) is 8.93. The van der Waals surface area contributed by atoms with E-state index in [1.165, 1.54) is 9.21 Å². The maximum atomic E-state index is 13.4. The van der Waals surface area contributed by atoms with Gasteiger partial charge in [0.1, 0.15) is 0 Å². The number of benzene rings is 2. The van der Waals surface area contributed by atoms with E-state index in [2.05, 4.69) is 0 Å². The molecule has 0 unspecified atom stereocenters. The zero-order valence-corrected chi connectivity index (χ0v) is 20.7. The molecule has 8 heteroatoms. The molecule has 33 heavy (non-hydrogen) atoms. The Morgan fingerprint density at radius 1 is 0.818 bits per heavy atom. The van der Waals surface area contributed by atoms with Gasteiger partial charge in [-0.1, -0.05) is 35.9 Å². The van der Waals surface area contributed by atoms with E-state index in [0.29, 0.717) is 23.7 Å². The van der Waals surface area contributed by atoms with Crippen molar-refractivity contribution in [3.8, 4) is 0 Å². The summed E-state index contributed by atoms with van der Waals surface area (Å²) in [6.45, 7) is 10.8. The van der Waals surface area contributed by atoms with E-state index in [4.69, 9.17) is 0 Å². The molecule has 1 atom stereocenters. The SMILES string of the molecule is Cc1cc(C)c(S(=O)(=O)N2CCN([C@H]3CC(=O)N(c4c(C)cccc4C)C3=O)CC2)c(C)c1. The largest absolute Gasteiger partial charge is 0.289 e. The van der Waals surface area contributed by atoms with Crippen LogP contribution in [0.1, 0.15) is 34.2 Å². The average molecular weight is 470 g/mol. The van der Waals surface area contributed by atoms with Crippen LogP contribution in [0, 0.1) is 34.6 Å². The Balaban J connectivity index is 1.51. The summed E-state index contributed by atoms with van der Waals surface area (Å²) in [6.07, 6.45) is 0.121. The van der Waals surface area contributed by atoms with E-state index >= 15 is 0 Å². The molecule has 2 aromatic carbocycles. The van der Waals surface area contributed by atoms with Crippen LogP contribution in [0.25, 0.3) is 0 Å². The van der Waals surface area contributed by atoms with Gasteiger partial charge < -0.3 is 0 Å². The molecule has 2 aliphatic heterocycles. The molecular formula is C25H31N3O4S. The number of rotatable bonds is 4. The molecule has 2 amide bonds. The maximum absolute atomic E-state index is 13.4. The molecule has 2 saturated heterocycles. The first kappa shape index (κ1) is 23.6. The number of anilines is 1. The van der Waals surface area contributed by atoms with E-state index in [0.717, 1.165) is 27.8 Å². The van der Waals surface area contributed by atoms with E-state index in [1.54, 1.807) is 0 Å². The second kappa shape index (κ2) is 8.66. The summed E-state index contributed by atoms with van der Waals surface area (Å²) in [5.74, 6) is -0.428. The van der Waals surface area contributed by atoms with Crippen LogP contribution in [0.4, 0.5) is 5.69 Å². The number of hydrogen-bond donors (Lipinski definition) is 0. The van der Waals surface area contributed by atoms with E-state index in [1.807, 2.05) is 69.9 Å². The predicted octanol–water partition coefficient (Wildman–Crippen LogP) is 2.87. The molecule has 0 spiro atoms. The summed E-state index contributed by atoms with van der Waals surface area (Å²) >= 11 is 0. The smallest absolute Gasteiger partial charge is 0.251 e. The van der Waals surface area contributed by atoms with Gasteiger partial charge >= 0.3 is 0 Å². The zero-order valence-electron chi connectivity index (χ0n) is 19.9. The first-order chi connectivity index (χ1) is 15.5. The van der Waals surface area contributed by atoms with Gasteiger partial charge in [0.25, 0.3) is 5.91 Å². The van der Waals surface area contributed by atoms with Gasteiger partial charge in [0.15, 0.2) is 0 Å². The number of para-hydroxylation sites is 1. The quantitative estimate of drug-likeness (QED) is 0.644. The van der Waals surface area contributed by atoms with Crippen LogP contribution < -0.4 is 4.90 Å². The van der Waals surface area contributed by atoms with Crippen LogP contribution in [-0.4, -0.2) is 61.7 Å². The van der Waals surface area contributed by atoms with Crippen LogP contribution >= 0.6 is 0 Å². The minimum atomic E-state index is -3.63. The average Bonchev–Trinajstić information content (AvgIpc) is 3.01. The minimum Gasteiger partial charge on any atom is -0.289 e. The number of hydrogen-bond acceptors (Lipinski definition) is 5. The Morgan fingerprint density at radius 3 is 1.91 bits per heavy atom. The molecular weight excluding hydrogens is 438 g/mol. The fraction of sp³-hybridized carbons (Fsp3) is 0.440. The van der Waals surface area contributed by atoms with Crippen molar-refractivity contribution in [3.63, 3.8) is 0 Å². The van der Waals surface area contributed by atoms with Gasteiger partial charge in [-0.3, -0.25) is 14.5 Å². The van der Waals surface area contributed by atoms with Crippen molar-refractivity contribution >= 4 is 27.5 Å². The van der Waals surface area contributed by atoms with Crippen molar-refractivity contribution in [2.24, 2.45) is 0 Å². The van der Waals surface area contributed by atoms with Crippen LogP contribution in [-0.2, 0) is 19.6 Å². The molecule has 2 fully saturated rings. The first-order valence-electron chi connectivity index (χ1n) is 11.3. The van der Waals surface area contributed by atoms with Gasteiger partial charge in [0.2, 0.25) is 15.9 Å². The number of carbonyl (C=O) groups is 2. The van der Waals surface area contributed by atoms with Gasteiger partial charge in [-0.05, 0) is 56.9 Å². The number of carbonyl (C=O) groups excluding carboxylic acids is 2. The summed E-state index contributed by atoms with van der Waals surface area (Å²) in [7, 11) is -3.63. The lowest BCUT2D eigenvalue weighted by Crippen LogP contribution is -2.53. The van der Waals surface area contributed by atoms with Crippen LogP contribution in [0.5, 0.6) is 0 Å². The summed E-state index contributed by atoms with van der Waals surface area (Å²) in [4.78, 5) is 29.7. The van der Waals surface area contributed by atoms with E-state index in [-0.39, 0.29) is 31.3 Å². The monoisotopic (exact) mass is 469 g/mol. The van der Waals surface area contributed by atoms with Gasteiger partial charge in [-0.2, -0.15) is 4.31 Å². The zero-order chi connectivity index (χ0) is 24.1. The molecule has 0 bridgehead atoms. The van der Waals surface area contributed by atoms with Gasteiger partial charge in [0.05, 0.1) is 23.0 Å². The Bertz CT molecular complexity index is 1190. The molecule has 0 aliphatic carbocycles.